The highest BCUT2D eigenvalue weighted by Gasteiger charge is 2.39. The molecule has 1 aliphatic carbocycles. The maximum Gasteiger partial charge on any atom is 0.246 e. The van der Waals surface area contributed by atoms with Crippen molar-refractivity contribution < 1.29 is 4.52 Å². The predicted molar refractivity (Wildman–Crippen MR) is 73.9 cm³/mol. The summed E-state index contributed by atoms with van der Waals surface area (Å²) in [5.74, 6) is 2.31. The monoisotopic (exact) mass is 263 g/mol. The van der Waals surface area contributed by atoms with Crippen LogP contribution in [0, 0.1) is 0 Å². The van der Waals surface area contributed by atoms with Crippen molar-refractivity contribution >= 4 is 0 Å². The van der Waals surface area contributed by atoms with Gasteiger partial charge in [0.2, 0.25) is 5.89 Å². The molecule has 2 heterocycles. The number of hydrogen-bond acceptors (Lipinski definition) is 4. The Balaban J connectivity index is 1.78. The third-order valence-electron chi connectivity index (χ3n) is 4.92. The maximum atomic E-state index is 5.61. The van der Waals surface area contributed by atoms with Crippen molar-refractivity contribution in [2.24, 2.45) is 0 Å². The Kier molecular flexibility index (Phi) is 3.87. The van der Waals surface area contributed by atoms with E-state index in [1.165, 1.54) is 44.9 Å². The summed E-state index contributed by atoms with van der Waals surface area (Å²) in [6.07, 6.45) is 11.2. The van der Waals surface area contributed by atoms with Gasteiger partial charge in [-0.05, 0) is 38.6 Å². The van der Waals surface area contributed by atoms with Crippen LogP contribution < -0.4 is 5.32 Å². The van der Waals surface area contributed by atoms with Gasteiger partial charge in [-0.3, -0.25) is 0 Å². The molecule has 1 N–H and O–H groups in total. The van der Waals surface area contributed by atoms with Crippen molar-refractivity contribution in [1.82, 2.24) is 15.5 Å². The van der Waals surface area contributed by atoms with Crippen LogP contribution >= 0.6 is 0 Å². The van der Waals surface area contributed by atoms with Gasteiger partial charge in [0.25, 0.3) is 0 Å². The maximum absolute atomic E-state index is 5.61. The number of aromatic nitrogens is 2. The molecule has 106 valence electrons. The van der Waals surface area contributed by atoms with Gasteiger partial charge in [-0.25, -0.2) is 0 Å². The van der Waals surface area contributed by atoms with Gasteiger partial charge >= 0.3 is 0 Å². The summed E-state index contributed by atoms with van der Waals surface area (Å²) in [6, 6.07) is 0. The van der Waals surface area contributed by atoms with Crippen molar-refractivity contribution in [1.29, 1.82) is 0 Å². The van der Waals surface area contributed by atoms with Crippen molar-refractivity contribution in [3.05, 3.63) is 11.7 Å². The fraction of sp³-hybridized carbons (Fsp3) is 0.867. The molecule has 4 nitrogen and oxygen atoms in total. The van der Waals surface area contributed by atoms with E-state index in [0.29, 0.717) is 5.92 Å². The zero-order valence-corrected chi connectivity index (χ0v) is 12.0. The van der Waals surface area contributed by atoms with Gasteiger partial charge < -0.3 is 9.84 Å². The van der Waals surface area contributed by atoms with Crippen LogP contribution in [-0.4, -0.2) is 16.7 Å². The van der Waals surface area contributed by atoms with Gasteiger partial charge in [0.15, 0.2) is 5.82 Å². The second-order valence-electron chi connectivity index (χ2n) is 6.11. The van der Waals surface area contributed by atoms with Crippen LogP contribution in [0.15, 0.2) is 4.52 Å². The van der Waals surface area contributed by atoms with E-state index in [1.54, 1.807) is 0 Å². The van der Waals surface area contributed by atoms with Crippen LogP contribution in [0.25, 0.3) is 0 Å². The van der Waals surface area contributed by atoms with Gasteiger partial charge in [0, 0.05) is 5.92 Å². The Hall–Kier alpha value is -0.900. The average Bonchev–Trinajstić information content (AvgIpc) is 3.03. The third kappa shape index (κ3) is 2.55. The first-order chi connectivity index (χ1) is 9.34. The SMILES string of the molecule is CCC1(c2nc(C3CCCCCC3)no2)CCCN1. The highest BCUT2D eigenvalue weighted by atomic mass is 16.5. The van der Waals surface area contributed by atoms with Gasteiger partial charge in [-0.1, -0.05) is 37.8 Å². The molecule has 1 aromatic rings. The highest BCUT2D eigenvalue weighted by molar-refractivity contribution is 5.08. The highest BCUT2D eigenvalue weighted by Crippen LogP contribution is 2.35. The molecule has 0 radical (unpaired) electrons. The van der Waals surface area contributed by atoms with Crippen molar-refractivity contribution in [3.63, 3.8) is 0 Å². The zero-order valence-electron chi connectivity index (χ0n) is 12.0. The molecule has 1 unspecified atom stereocenters. The van der Waals surface area contributed by atoms with E-state index in [2.05, 4.69) is 17.4 Å². The number of hydrogen-bond donors (Lipinski definition) is 1. The molecule has 0 aromatic carbocycles. The van der Waals surface area contributed by atoms with E-state index >= 15 is 0 Å². The molecule has 1 saturated heterocycles. The molecule has 1 saturated carbocycles. The third-order valence-corrected chi connectivity index (χ3v) is 4.92. The van der Waals surface area contributed by atoms with E-state index in [4.69, 9.17) is 9.51 Å². The largest absolute Gasteiger partial charge is 0.337 e. The molecule has 0 bridgehead atoms. The zero-order chi connectivity index (χ0) is 13.1. The summed E-state index contributed by atoms with van der Waals surface area (Å²) in [7, 11) is 0. The predicted octanol–water partition coefficient (Wildman–Crippen LogP) is 3.50. The molecular weight excluding hydrogens is 238 g/mol. The van der Waals surface area contributed by atoms with E-state index in [0.717, 1.165) is 31.1 Å². The van der Waals surface area contributed by atoms with E-state index in [-0.39, 0.29) is 5.54 Å². The number of nitrogens with zero attached hydrogens (tertiary/aromatic N) is 2. The van der Waals surface area contributed by atoms with E-state index in [1.807, 2.05) is 0 Å². The summed E-state index contributed by atoms with van der Waals surface area (Å²) in [6.45, 7) is 3.27. The Morgan fingerprint density at radius 1 is 1.21 bits per heavy atom. The molecule has 2 fully saturated rings. The average molecular weight is 263 g/mol. The van der Waals surface area contributed by atoms with Crippen LogP contribution in [0.3, 0.4) is 0 Å². The van der Waals surface area contributed by atoms with Crippen molar-refractivity contribution in [2.75, 3.05) is 6.54 Å². The Morgan fingerprint density at radius 2 is 2.00 bits per heavy atom. The number of rotatable bonds is 3. The summed E-state index contributed by atoms with van der Waals surface area (Å²) in [4.78, 5) is 4.76. The lowest BCUT2D eigenvalue weighted by atomic mass is 9.94. The topological polar surface area (TPSA) is 51.0 Å². The fourth-order valence-corrected chi connectivity index (χ4v) is 3.57. The Labute approximate surface area is 115 Å². The van der Waals surface area contributed by atoms with E-state index in [9.17, 15) is 0 Å². The first-order valence-corrected chi connectivity index (χ1v) is 7.93. The minimum atomic E-state index is -0.0457. The smallest absolute Gasteiger partial charge is 0.246 e. The second kappa shape index (κ2) is 5.61. The number of nitrogens with one attached hydrogen (secondary N) is 1. The summed E-state index contributed by atoms with van der Waals surface area (Å²) < 4.78 is 5.61. The molecule has 4 heteroatoms. The second-order valence-corrected chi connectivity index (χ2v) is 6.11. The molecule has 3 rings (SSSR count). The van der Waals surface area contributed by atoms with Crippen molar-refractivity contribution in [2.45, 2.75) is 76.2 Å². The molecule has 2 aliphatic rings. The van der Waals surface area contributed by atoms with Crippen LogP contribution in [0.5, 0.6) is 0 Å². The summed E-state index contributed by atoms with van der Waals surface area (Å²) in [5.41, 5.74) is -0.0457. The first-order valence-electron chi connectivity index (χ1n) is 7.93. The summed E-state index contributed by atoms with van der Waals surface area (Å²) in [5, 5.41) is 7.86. The van der Waals surface area contributed by atoms with Crippen LogP contribution in [0.4, 0.5) is 0 Å². The van der Waals surface area contributed by atoms with Gasteiger partial charge in [-0.15, -0.1) is 0 Å². The van der Waals surface area contributed by atoms with Crippen LogP contribution in [0.1, 0.15) is 82.3 Å². The van der Waals surface area contributed by atoms with Gasteiger partial charge in [0.1, 0.15) is 0 Å². The Morgan fingerprint density at radius 3 is 2.63 bits per heavy atom. The molecule has 1 aromatic heterocycles. The molecule has 19 heavy (non-hydrogen) atoms. The van der Waals surface area contributed by atoms with E-state index < -0.39 is 0 Å². The normalized spacial score (nSPS) is 29.5. The van der Waals surface area contributed by atoms with Crippen LogP contribution in [-0.2, 0) is 5.54 Å². The molecule has 1 aliphatic heterocycles. The molecule has 1 atom stereocenters. The van der Waals surface area contributed by atoms with Gasteiger partial charge in [0.05, 0.1) is 5.54 Å². The first kappa shape index (κ1) is 13.1. The standard InChI is InChI=1S/C15H25N3O/c1-2-15(10-7-11-16-15)14-17-13(18-19-14)12-8-5-3-4-6-9-12/h12,16H,2-11H2,1H3. The van der Waals surface area contributed by atoms with Crippen molar-refractivity contribution in [3.8, 4) is 0 Å². The minimum absolute atomic E-state index is 0.0457. The van der Waals surface area contributed by atoms with Crippen LogP contribution in [0.2, 0.25) is 0 Å². The molecular formula is C15H25N3O. The fourth-order valence-electron chi connectivity index (χ4n) is 3.57. The summed E-state index contributed by atoms with van der Waals surface area (Å²) >= 11 is 0. The molecule has 0 amide bonds. The molecule has 0 spiro atoms. The lowest BCUT2D eigenvalue weighted by molar-refractivity contribution is 0.248. The Bertz CT molecular complexity index is 401. The lowest BCUT2D eigenvalue weighted by Crippen LogP contribution is -2.36. The quantitative estimate of drug-likeness (QED) is 0.848. The lowest BCUT2D eigenvalue weighted by Gasteiger charge is -2.22. The van der Waals surface area contributed by atoms with Gasteiger partial charge in [-0.2, -0.15) is 4.98 Å². The minimum Gasteiger partial charge on any atom is -0.337 e.